The molecule has 190 valence electrons. The maximum atomic E-state index is 13.1. The lowest BCUT2D eigenvalue weighted by Crippen LogP contribution is -2.36. The van der Waals surface area contributed by atoms with E-state index in [2.05, 4.69) is 26.0 Å². The Bertz CT molecular complexity index is 1530. The molecule has 0 spiro atoms. The van der Waals surface area contributed by atoms with Crippen LogP contribution in [0.1, 0.15) is 36.7 Å². The predicted octanol–water partition coefficient (Wildman–Crippen LogP) is 3.98. The molecule has 10 nitrogen and oxygen atoms in total. The summed E-state index contributed by atoms with van der Waals surface area (Å²) in [6.45, 7) is 0.537. The van der Waals surface area contributed by atoms with Gasteiger partial charge < -0.3 is 16.0 Å². The molecule has 0 fully saturated rings. The average Bonchev–Trinajstić information content (AvgIpc) is 3.46. The van der Waals surface area contributed by atoms with Gasteiger partial charge in [0.15, 0.2) is 0 Å². The van der Waals surface area contributed by atoms with E-state index >= 15 is 0 Å². The Balaban J connectivity index is 1.32. The summed E-state index contributed by atoms with van der Waals surface area (Å²) in [6.07, 6.45) is -4.14. The van der Waals surface area contributed by atoms with Crippen LogP contribution in [0, 0.1) is 0 Å². The molecule has 4 amide bonds. The number of nitrogens with one attached hydrogen (secondary N) is 3. The number of hydrogen-bond acceptors (Lipinski definition) is 6. The van der Waals surface area contributed by atoms with Crippen molar-refractivity contribution in [3.05, 3.63) is 69.6 Å². The molecular formula is C23H18F3N7O3S. The number of aromatic nitrogens is 3. The third-order valence-electron chi connectivity index (χ3n) is 5.86. The summed E-state index contributed by atoms with van der Waals surface area (Å²) in [7, 11) is 0. The molecule has 2 aromatic heterocycles. The zero-order valence-corrected chi connectivity index (χ0v) is 19.7. The number of hydrogen-bond donors (Lipinski definition) is 4. The number of benzene rings is 2. The molecule has 4 aromatic rings. The van der Waals surface area contributed by atoms with Gasteiger partial charge in [-0.1, -0.05) is 5.21 Å². The van der Waals surface area contributed by atoms with Gasteiger partial charge in [0.1, 0.15) is 10.5 Å². The van der Waals surface area contributed by atoms with E-state index in [1.54, 1.807) is 23.1 Å². The fraction of sp³-hybridized carbons (Fsp3) is 0.174. The number of anilines is 2. The highest BCUT2D eigenvalue weighted by molar-refractivity contribution is 7.17. The van der Waals surface area contributed by atoms with Gasteiger partial charge in [-0.05, 0) is 54.4 Å². The van der Waals surface area contributed by atoms with E-state index in [4.69, 9.17) is 5.73 Å². The zero-order valence-electron chi connectivity index (χ0n) is 18.8. The summed E-state index contributed by atoms with van der Waals surface area (Å²) < 4.78 is 38.3. The van der Waals surface area contributed by atoms with E-state index in [1.807, 2.05) is 0 Å². The smallest absolute Gasteiger partial charge is 0.365 e. The van der Waals surface area contributed by atoms with Crippen molar-refractivity contribution in [2.45, 2.75) is 19.1 Å². The molecule has 5 N–H and O–H groups in total. The highest BCUT2D eigenvalue weighted by Gasteiger charge is 2.31. The van der Waals surface area contributed by atoms with Crippen LogP contribution in [0.4, 0.5) is 28.7 Å². The van der Waals surface area contributed by atoms with Crippen LogP contribution in [0.5, 0.6) is 0 Å². The summed E-state index contributed by atoms with van der Waals surface area (Å²) in [4.78, 5) is 40.2. The molecule has 0 saturated heterocycles. The molecular weight excluding hydrogens is 511 g/mol. The van der Waals surface area contributed by atoms with Crippen LogP contribution in [0.25, 0.3) is 11.0 Å². The molecule has 0 aliphatic carbocycles. The van der Waals surface area contributed by atoms with Crippen molar-refractivity contribution in [3.63, 3.8) is 0 Å². The van der Waals surface area contributed by atoms with E-state index in [1.165, 1.54) is 0 Å². The van der Waals surface area contributed by atoms with Crippen LogP contribution < -0.4 is 16.4 Å². The minimum absolute atomic E-state index is 0.133. The average molecular weight is 530 g/mol. The molecule has 0 radical (unpaired) electrons. The van der Waals surface area contributed by atoms with Crippen molar-refractivity contribution in [3.8, 4) is 0 Å². The summed E-state index contributed by atoms with van der Waals surface area (Å²) in [6, 6.07) is 8.20. The summed E-state index contributed by atoms with van der Waals surface area (Å²) >= 11 is 1.11. The fourth-order valence-electron chi connectivity index (χ4n) is 4.09. The van der Waals surface area contributed by atoms with E-state index in [0.29, 0.717) is 40.0 Å². The van der Waals surface area contributed by atoms with Crippen LogP contribution in [0.15, 0.2) is 42.5 Å². The van der Waals surface area contributed by atoms with Crippen LogP contribution in [-0.4, -0.2) is 44.7 Å². The molecule has 1 aliphatic rings. The lowest BCUT2D eigenvalue weighted by Gasteiger charge is -2.27. The quantitative estimate of drug-likeness (QED) is 0.316. The number of fused-ring (bicyclic) bond motifs is 2. The second-order valence-corrected chi connectivity index (χ2v) is 9.35. The highest BCUT2D eigenvalue weighted by atomic mass is 32.1. The first-order chi connectivity index (χ1) is 17.6. The SMILES string of the molecule is NC(=O)c1c(NC(=O)Nc2ccc(C(F)(F)F)cc2)sc2c1CCN(C(=O)c1ccc3[nH]nnc3c1)C2. The largest absolute Gasteiger partial charge is 0.416 e. The second kappa shape index (κ2) is 9.20. The number of halogens is 3. The summed E-state index contributed by atoms with van der Waals surface area (Å²) in [5, 5.41) is 15.6. The number of thiophene rings is 1. The van der Waals surface area contributed by atoms with Gasteiger partial charge in [-0.25, -0.2) is 4.79 Å². The van der Waals surface area contributed by atoms with Gasteiger partial charge in [-0.15, -0.1) is 16.4 Å². The number of primary amides is 1. The van der Waals surface area contributed by atoms with Crippen LogP contribution in [0.2, 0.25) is 0 Å². The van der Waals surface area contributed by atoms with Crippen molar-refractivity contribution in [2.24, 2.45) is 5.73 Å². The van der Waals surface area contributed by atoms with Gasteiger partial charge in [0, 0.05) is 22.7 Å². The van der Waals surface area contributed by atoms with Gasteiger partial charge in [-0.3, -0.25) is 20.0 Å². The molecule has 0 atom stereocenters. The Morgan fingerprint density at radius 2 is 1.84 bits per heavy atom. The van der Waals surface area contributed by atoms with Gasteiger partial charge in [-0.2, -0.15) is 13.2 Å². The van der Waals surface area contributed by atoms with E-state index in [0.717, 1.165) is 35.6 Å². The molecule has 1 aliphatic heterocycles. The number of rotatable bonds is 4. The standard InChI is InChI=1S/C23H18F3N7O3S/c24-23(25,26)12-2-4-13(5-3-12)28-22(36)29-20-18(19(27)34)14-7-8-33(10-17(14)37-20)21(35)11-1-6-15-16(9-11)31-32-30-15/h1-6,9H,7-8,10H2,(H2,27,34)(H2,28,29,36)(H,30,31,32). The Morgan fingerprint density at radius 1 is 1.08 bits per heavy atom. The molecule has 0 bridgehead atoms. The second-order valence-electron chi connectivity index (χ2n) is 8.25. The van der Waals surface area contributed by atoms with Crippen LogP contribution in [-0.2, 0) is 19.1 Å². The summed E-state index contributed by atoms with van der Waals surface area (Å²) in [5.41, 5.74) is 7.37. The minimum atomic E-state index is -4.49. The van der Waals surface area contributed by atoms with Crippen molar-refractivity contribution in [1.82, 2.24) is 20.3 Å². The van der Waals surface area contributed by atoms with Gasteiger partial charge >= 0.3 is 12.2 Å². The molecule has 0 saturated carbocycles. The van der Waals surface area contributed by atoms with Crippen LogP contribution >= 0.6 is 11.3 Å². The summed E-state index contributed by atoms with van der Waals surface area (Å²) in [5.74, 6) is -0.960. The topological polar surface area (TPSA) is 146 Å². The van der Waals surface area contributed by atoms with Crippen molar-refractivity contribution < 1.29 is 27.6 Å². The van der Waals surface area contributed by atoms with E-state index < -0.39 is 23.7 Å². The lowest BCUT2D eigenvalue weighted by molar-refractivity contribution is -0.137. The number of carbonyl (C=O) groups excluding carboxylic acids is 3. The van der Waals surface area contributed by atoms with Crippen molar-refractivity contribution >= 4 is 50.9 Å². The Kier molecular flexibility index (Phi) is 6.03. The molecule has 5 rings (SSSR count). The maximum Gasteiger partial charge on any atom is 0.416 e. The first-order valence-electron chi connectivity index (χ1n) is 10.9. The monoisotopic (exact) mass is 529 g/mol. The molecule has 2 aromatic carbocycles. The Hall–Kier alpha value is -4.46. The number of urea groups is 1. The number of amides is 4. The number of aromatic amines is 1. The Labute approximate surface area is 210 Å². The normalized spacial score (nSPS) is 13.3. The fourth-order valence-corrected chi connectivity index (χ4v) is 5.35. The van der Waals surface area contributed by atoms with E-state index in [-0.39, 0.29) is 28.7 Å². The van der Waals surface area contributed by atoms with Crippen LogP contribution in [0.3, 0.4) is 0 Å². The van der Waals surface area contributed by atoms with Crippen molar-refractivity contribution in [1.29, 1.82) is 0 Å². The third kappa shape index (κ3) is 4.82. The first kappa shape index (κ1) is 24.2. The predicted molar refractivity (Wildman–Crippen MR) is 129 cm³/mol. The number of nitrogens with two attached hydrogens (primary N) is 1. The molecule has 3 heterocycles. The number of alkyl halides is 3. The van der Waals surface area contributed by atoms with Crippen molar-refractivity contribution in [2.75, 3.05) is 17.2 Å². The number of carbonyl (C=O) groups is 3. The third-order valence-corrected chi connectivity index (χ3v) is 6.99. The van der Waals surface area contributed by atoms with Gasteiger partial charge in [0.25, 0.3) is 11.8 Å². The lowest BCUT2D eigenvalue weighted by atomic mass is 10.0. The molecule has 0 unspecified atom stereocenters. The number of H-pyrrole nitrogens is 1. The van der Waals surface area contributed by atoms with E-state index in [9.17, 15) is 27.6 Å². The first-order valence-corrected chi connectivity index (χ1v) is 11.7. The van der Waals surface area contributed by atoms with Gasteiger partial charge in [0.05, 0.1) is 23.2 Å². The Morgan fingerprint density at radius 3 is 2.54 bits per heavy atom. The maximum absolute atomic E-state index is 13.1. The zero-order chi connectivity index (χ0) is 26.3. The highest BCUT2D eigenvalue weighted by Crippen LogP contribution is 2.37. The minimum Gasteiger partial charge on any atom is -0.365 e. The molecule has 37 heavy (non-hydrogen) atoms. The number of nitrogens with zero attached hydrogens (tertiary/aromatic N) is 3. The molecule has 14 heteroatoms. The van der Waals surface area contributed by atoms with Gasteiger partial charge in [0.2, 0.25) is 0 Å².